The summed E-state index contributed by atoms with van der Waals surface area (Å²) >= 11 is 0. The summed E-state index contributed by atoms with van der Waals surface area (Å²) in [5.41, 5.74) is 0. The van der Waals surface area contributed by atoms with Gasteiger partial charge in [0.15, 0.2) is 0 Å². The molecule has 0 atom stereocenters. The minimum atomic E-state index is 0.830. The molecule has 1 fully saturated rings. The van der Waals surface area contributed by atoms with Crippen LogP contribution < -0.4 is 0 Å². The molecule has 0 aromatic rings. The van der Waals surface area contributed by atoms with Gasteiger partial charge in [0.25, 0.3) is 0 Å². The van der Waals surface area contributed by atoms with Gasteiger partial charge in [-0.25, -0.2) is 0 Å². The second-order valence-corrected chi connectivity index (χ2v) is 5.30. The summed E-state index contributed by atoms with van der Waals surface area (Å²) in [6, 6.07) is 0.830. The maximum Gasteiger partial charge on any atom is 0.0113 e. The topological polar surface area (TPSA) is 6.48 Å². The Labute approximate surface area is 96.6 Å². The maximum absolute atomic E-state index is 2.40. The van der Waals surface area contributed by atoms with Crippen LogP contribution in [0, 0.1) is 5.92 Å². The van der Waals surface area contributed by atoms with Gasteiger partial charge in [-0.1, -0.05) is 27.2 Å². The zero-order valence-electron chi connectivity index (χ0n) is 11.6. The molecule has 0 radical (unpaired) electrons. The Bertz CT molecular complexity index is 135. The summed E-state index contributed by atoms with van der Waals surface area (Å²) in [6.45, 7) is 9.18. The Hall–Kier alpha value is -0.0800. The summed E-state index contributed by atoms with van der Waals surface area (Å²) in [5.74, 6) is 0.884. The zero-order valence-corrected chi connectivity index (χ0v) is 11.6. The molecular formula is C13H30N2. The molecule has 0 aromatic heterocycles. The predicted octanol–water partition coefficient (Wildman–Crippen LogP) is 2.69. The van der Waals surface area contributed by atoms with Gasteiger partial charge in [-0.3, -0.25) is 0 Å². The third kappa shape index (κ3) is 7.80. The summed E-state index contributed by atoms with van der Waals surface area (Å²) < 4.78 is 0. The van der Waals surface area contributed by atoms with E-state index in [1.165, 1.54) is 32.4 Å². The molecule has 1 rings (SSSR count). The summed E-state index contributed by atoms with van der Waals surface area (Å²) in [6.07, 6.45) is 3.98. The Morgan fingerprint density at radius 3 is 1.87 bits per heavy atom. The fourth-order valence-electron chi connectivity index (χ4n) is 1.51. The molecule has 0 bridgehead atoms. The second-order valence-electron chi connectivity index (χ2n) is 5.30. The van der Waals surface area contributed by atoms with Crippen molar-refractivity contribution in [1.29, 1.82) is 0 Å². The van der Waals surface area contributed by atoms with E-state index in [-0.39, 0.29) is 0 Å². The number of likely N-dealkylation sites (tertiary alicyclic amines) is 1. The molecule has 0 aliphatic carbocycles. The van der Waals surface area contributed by atoms with Gasteiger partial charge in [0, 0.05) is 6.04 Å². The van der Waals surface area contributed by atoms with Crippen LogP contribution in [0.1, 0.15) is 40.0 Å². The van der Waals surface area contributed by atoms with E-state index in [0.29, 0.717) is 0 Å². The van der Waals surface area contributed by atoms with Crippen LogP contribution >= 0.6 is 0 Å². The lowest BCUT2D eigenvalue weighted by Crippen LogP contribution is -2.40. The van der Waals surface area contributed by atoms with Crippen molar-refractivity contribution in [2.24, 2.45) is 5.92 Å². The Kier molecular flexibility index (Phi) is 8.07. The van der Waals surface area contributed by atoms with Gasteiger partial charge in [-0.15, -0.1) is 0 Å². The summed E-state index contributed by atoms with van der Waals surface area (Å²) in [5, 5.41) is 0. The third-order valence-electron chi connectivity index (χ3n) is 3.23. The van der Waals surface area contributed by atoms with Crippen molar-refractivity contribution >= 4 is 0 Å². The van der Waals surface area contributed by atoms with E-state index in [1.807, 2.05) is 0 Å². The standard InChI is InChI=1S/C8H18N2.C5H12/c1-9(2)8-4-6-10(3)7-5-8;1-4-5(2)3/h8H,4-7H2,1-3H3;5H,4H2,1-3H3. The van der Waals surface area contributed by atoms with E-state index in [4.69, 9.17) is 0 Å². The van der Waals surface area contributed by atoms with Gasteiger partial charge in [-0.05, 0) is 53.0 Å². The quantitative estimate of drug-likeness (QED) is 0.697. The lowest BCUT2D eigenvalue weighted by Gasteiger charge is -2.32. The van der Waals surface area contributed by atoms with E-state index in [0.717, 1.165) is 12.0 Å². The molecule has 92 valence electrons. The van der Waals surface area contributed by atoms with Crippen molar-refractivity contribution in [2.75, 3.05) is 34.2 Å². The predicted molar refractivity (Wildman–Crippen MR) is 69.3 cm³/mol. The SMILES string of the molecule is CCC(C)C.CN1CCC(N(C)C)CC1. The molecule has 0 unspecified atom stereocenters. The fourth-order valence-corrected chi connectivity index (χ4v) is 1.51. The molecule has 0 saturated carbocycles. The first-order valence-corrected chi connectivity index (χ1v) is 6.32. The molecule has 0 aromatic carbocycles. The Balaban J connectivity index is 0.000000336. The molecule has 1 saturated heterocycles. The summed E-state index contributed by atoms with van der Waals surface area (Å²) in [4.78, 5) is 4.74. The van der Waals surface area contributed by atoms with Crippen molar-refractivity contribution in [3.63, 3.8) is 0 Å². The number of nitrogens with zero attached hydrogens (tertiary/aromatic N) is 2. The zero-order chi connectivity index (χ0) is 11.8. The normalized spacial score (nSPS) is 19.2. The largest absolute Gasteiger partial charge is 0.306 e. The molecular weight excluding hydrogens is 184 g/mol. The first-order valence-electron chi connectivity index (χ1n) is 6.32. The highest BCUT2D eigenvalue weighted by Gasteiger charge is 2.17. The molecule has 1 aliphatic rings. The maximum atomic E-state index is 2.40. The van der Waals surface area contributed by atoms with Crippen LogP contribution in [0.2, 0.25) is 0 Å². The van der Waals surface area contributed by atoms with Crippen molar-refractivity contribution in [1.82, 2.24) is 9.80 Å². The van der Waals surface area contributed by atoms with Gasteiger partial charge in [0.2, 0.25) is 0 Å². The van der Waals surface area contributed by atoms with Crippen molar-refractivity contribution in [2.45, 2.75) is 46.1 Å². The van der Waals surface area contributed by atoms with Crippen LogP contribution in [0.5, 0.6) is 0 Å². The molecule has 0 amide bonds. The number of piperidine rings is 1. The highest BCUT2D eigenvalue weighted by atomic mass is 15.2. The average Bonchev–Trinajstić information content (AvgIpc) is 2.19. The monoisotopic (exact) mass is 214 g/mol. The third-order valence-corrected chi connectivity index (χ3v) is 3.23. The van der Waals surface area contributed by atoms with Crippen LogP contribution in [-0.4, -0.2) is 50.1 Å². The Morgan fingerprint density at radius 2 is 1.60 bits per heavy atom. The number of hydrogen-bond acceptors (Lipinski definition) is 2. The molecule has 0 N–H and O–H groups in total. The van der Waals surface area contributed by atoms with Gasteiger partial charge in [-0.2, -0.15) is 0 Å². The van der Waals surface area contributed by atoms with E-state index >= 15 is 0 Å². The number of hydrogen-bond donors (Lipinski definition) is 0. The summed E-state index contributed by atoms with van der Waals surface area (Å²) in [7, 11) is 6.55. The van der Waals surface area contributed by atoms with Crippen LogP contribution in [0.4, 0.5) is 0 Å². The van der Waals surface area contributed by atoms with Crippen LogP contribution in [0.3, 0.4) is 0 Å². The van der Waals surface area contributed by atoms with E-state index in [2.05, 4.69) is 51.7 Å². The number of rotatable bonds is 2. The Morgan fingerprint density at radius 1 is 1.20 bits per heavy atom. The van der Waals surface area contributed by atoms with Gasteiger partial charge >= 0.3 is 0 Å². The molecule has 2 nitrogen and oxygen atoms in total. The van der Waals surface area contributed by atoms with Gasteiger partial charge in [0.1, 0.15) is 0 Å². The smallest absolute Gasteiger partial charge is 0.0113 e. The van der Waals surface area contributed by atoms with Crippen LogP contribution in [0.15, 0.2) is 0 Å². The molecule has 0 spiro atoms. The molecule has 15 heavy (non-hydrogen) atoms. The highest BCUT2D eigenvalue weighted by Crippen LogP contribution is 2.11. The van der Waals surface area contributed by atoms with E-state index in [1.54, 1.807) is 0 Å². The molecule has 1 aliphatic heterocycles. The van der Waals surface area contributed by atoms with Gasteiger partial charge in [0.05, 0.1) is 0 Å². The molecule has 2 heteroatoms. The minimum absolute atomic E-state index is 0.830. The first-order chi connectivity index (χ1) is 6.97. The fraction of sp³-hybridized carbons (Fsp3) is 1.00. The average molecular weight is 214 g/mol. The van der Waals surface area contributed by atoms with E-state index < -0.39 is 0 Å². The highest BCUT2D eigenvalue weighted by molar-refractivity contribution is 4.74. The van der Waals surface area contributed by atoms with Gasteiger partial charge < -0.3 is 9.80 Å². The van der Waals surface area contributed by atoms with Crippen LogP contribution in [0.25, 0.3) is 0 Å². The van der Waals surface area contributed by atoms with Crippen molar-refractivity contribution in [3.8, 4) is 0 Å². The lowest BCUT2D eigenvalue weighted by molar-refractivity contribution is 0.166. The van der Waals surface area contributed by atoms with Crippen LogP contribution in [-0.2, 0) is 0 Å². The van der Waals surface area contributed by atoms with Crippen molar-refractivity contribution < 1.29 is 0 Å². The first kappa shape index (κ1) is 14.9. The second kappa shape index (κ2) is 8.12. The van der Waals surface area contributed by atoms with E-state index in [9.17, 15) is 0 Å². The van der Waals surface area contributed by atoms with Crippen molar-refractivity contribution in [3.05, 3.63) is 0 Å². The molecule has 1 heterocycles. The lowest BCUT2D eigenvalue weighted by atomic mass is 10.1. The minimum Gasteiger partial charge on any atom is -0.306 e.